The molecule has 0 aliphatic rings. The highest BCUT2D eigenvalue weighted by Crippen LogP contribution is 2.29. The third-order valence-corrected chi connectivity index (χ3v) is 22.4. The van der Waals surface area contributed by atoms with Crippen molar-refractivity contribution >= 4 is 260 Å². The number of aldehydes is 8. The van der Waals surface area contributed by atoms with Crippen LogP contribution in [0.3, 0.4) is 0 Å². The minimum atomic E-state index is -3.17. The SMILES string of the molecule is CC[n+]1ccc(Cl)c2cc(C=O)ccc21.CC[n+]1ccc(Cl)c2cc(C=O)ccc21.CC[n+]1ccc(Cl)c2cc(C=O)ccc21.CC[n+]1ccc(Cl)c2cc(C=O)ccc21.CC[n+]1ccc(Cl)c2cc(C=O)ccc21.CC[n+]1ccc(Cl)c2cc(C=O)ccc21.CC[n+]1ccc(Cl)c2cc(C=O)ccc21.CC[n+]1ccc(Cl)c2cc(C=O)ccc21.[O-]B([O-])F.[O-]B([O-])F.[O-]B([O-])F.[O-]B([O-])F. The van der Waals surface area contributed by atoms with Crippen LogP contribution >= 0.6 is 92.8 Å². The molecule has 0 unspecified atom stereocenters. The summed E-state index contributed by atoms with van der Waals surface area (Å²) in [5, 5.41) is 79.3. The standard InChI is InChI=1S/8C12H11ClNO.4BFO2/c8*1-2-14-6-5-11(13)10-7-9(8-15)3-4-12(10)14;4*2-1(3)4/h8*3-8H,2H2,1H3;;;;/q8*+1;4*-2. The molecular formula is C96H88B4Cl8F4N8O16. The lowest BCUT2D eigenvalue weighted by molar-refractivity contribution is -0.668. The first kappa shape index (κ1) is 115. The number of carbonyl (C=O) groups excluding carboxylic acids is 8. The van der Waals surface area contributed by atoms with E-state index < -0.39 is 29.6 Å². The van der Waals surface area contributed by atoms with Gasteiger partial charge in [0, 0.05) is 142 Å². The van der Waals surface area contributed by atoms with E-state index in [1.807, 2.05) is 195 Å². The minimum Gasteiger partial charge on any atom is -0.867 e. The number of pyridine rings is 8. The van der Waals surface area contributed by atoms with Crippen molar-refractivity contribution < 1.29 is 132 Å². The van der Waals surface area contributed by atoms with E-state index in [1.165, 1.54) is 0 Å². The fourth-order valence-corrected chi connectivity index (χ4v) is 15.0. The summed E-state index contributed by atoms with van der Waals surface area (Å²) in [6, 6.07) is 59.2. The molecule has 0 N–H and O–H groups in total. The minimum absolute atomic E-state index is 0.651. The van der Waals surface area contributed by atoms with Crippen molar-refractivity contribution in [2.24, 2.45) is 0 Å². The summed E-state index contributed by atoms with van der Waals surface area (Å²) >= 11 is 48.7. The Morgan fingerprint density at radius 1 is 0.199 bits per heavy atom. The van der Waals surface area contributed by atoms with E-state index in [0.717, 1.165) is 190 Å². The van der Waals surface area contributed by atoms with Crippen LogP contribution in [0.15, 0.2) is 244 Å². The Morgan fingerprint density at radius 3 is 0.360 bits per heavy atom. The maximum absolute atomic E-state index is 10.7. The number of aryl methyl sites for hydroxylation is 8. The van der Waals surface area contributed by atoms with Crippen LogP contribution in [-0.2, 0) is 52.4 Å². The first-order chi connectivity index (χ1) is 65.0. The van der Waals surface area contributed by atoms with Gasteiger partial charge in [0.15, 0.2) is 49.6 Å². The molecule has 24 nitrogen and oxygen atoms in total. The molecule has 0 bridgehead atoms. The zero-order chi connectivity index (χ0) is 101. The van der Waals surface area contributed by atoms with Crippen molar-refractivity contribution in [3.05, 3.63) is 328 Å². The second kappa shape index (κ2) is 59.4. The highest BCUT2D eigenvalue weighted by atomic mass is 35.5. The van der Waals surface area contributed by atoms with E-state index in [4.69, 9.17) is 133 Å². The van der Waals surface area contributed by atoms with Crippen LogP contribution < -0.4 is 76.7 Å². The normalized spacial score (nSPS) is 10.1. The van der Waals surface area contributed by atoms with Crippen molar-refractivity contribution in [2.45, 2.75) is 108 Å². The van der Waals surface area contributed by atoms with Crippen LogP contribution in [0.2, 0.25) is 40.2 Å². The molecule has 0 spiro atoms. The highest BCUT2D eigenvalue weighted by Gasteiger charge is 2.19. The molecule has 40 heteroatoms. The number of hydrogen-bond donors (Lipinski definition) is 0. The number of carbonyl (C=O) groups is 8. The third-order valence-electron chi connectivity index (χ3n) is 19.7. The number of halogens is 12. The molecule has 8 heterocycles. The Labute approximate surface area is 822 Å². The zero-order valence-electron chi connectivity index (χ0n) is 74.3. The predicted molar refractivity (Wildman–Crippen MR) is 509 cm³/mol. The van der Waals surface area contributed by atoms with Crippen LogP contribution in [0.25, 0.3) is 87.2 Å². The van der Waals surface area contributed by atoms with Gasteiger partial charge in [0.25, 0.3) is 0 Å². The average Bonchev–Trinajstić information content (AvgIpc) is 0.850. The number of rotatable bonds is 16. The largest absolute Gasteiger partial charge is 0.867 e. The Morgan fingerprint density at radius 2 is 0.287 bits per heavy atom. The van der Waals surface area contributed by atoms with E-state index in [2.05, 4.69) is 91.9 Å². The first-order valence-electron chi connectivity index (χ1n) is 41.4. The lowest BCUT2D eigenvalue weighted by Crippen LogP contribution is -2.39. The van der Waals surface area contributed by atoms with Gasteiger partial charge in [-0.05, 0) is 152 Å². The van der Waals surface area contributed by atoms with Gasteiger partial charge < -0.3 is 57.5 Å². The predicted octanol–water partition coefficient (Wildman–Crippen LogP) is 11.6. The fraction of sp³-hybridized carbons (Fsp3) is 0.167. The third kappa shape index (κ3) is 34.6. The molecule has 0 amide bonds. The summed E-state index contributed by atoms with van der Waals surface area (Å²) in [7, 11) is -12.7. The van der Waals surface area contributed by atoms with Gasteiger partial charge in [-0.3, -0.25) is 38.4 Å². The van der Waals surface area contributed by atoms with Gasteiger partial charge >= 0.3 is 0 Å². The van der Waals surface area contributed by atoms with Gasteiger partial charge in [-0.15, -0.1) is 0 Å². The fourth-order valence-electron chi connectivity index (χ4n) is 13.4. The number of aromatic nitrogens is 8. The second-order valence-electron chi connectivity index (χ2n) is 27.9. The smallest absolute Gasteiger partial charge is 0.214 e. The van der Waals surface area contributed by atoms with Crippen molar-refractivity contribution in [1.82, 2.24) is 0 Å². The molecule has 8 aromatic heterocycles. The van der Waals surface area contributed by atoms with Crippen molar-refractivity contribution in [2.75, 3.05) is 0 Å². The highest BCUT2D eigenvalue weighted by molar-refractivity contribution is 6.38. The Balaban J connectivity index is 0.000000268. The van der Waals surface area contributed by atoms with Crippen molar-refractivity contribution in [3.8, 4) is 0 Å². The second-order valence-corrected chi connectivity index (χ2v) is 31.1. The topological polar surface area (TPSA) is 352 Å². The maximum Gasteiger partial charge on any atom is 0.214 e. The Bertz CT molecular complexity index is 5620. The van der Waals surface area contributed by atoms with Crippen LogP contribution in [0.1, 0.15) is 138 Å². The lowest BCUT2D eigenvalue weighted by atomic mass is 10.1. The van der Waals surface area contributed by atoms with Crippen LogP contribution in [0.5, 0.6) is 0 Å². The monoisotopic (exact) mass is 2010 g/mol. The van der Waals surface area contributed by atoms with E-state index in [-0.39, 0.29) is 0 Å². The zero-order valence-corrected chi connectivity index (χ0v) is 80.4. The molecule has 16 aromatic rings. The summed E-state index contributed by atoms with van der Waals surface area (Å²) in [4.78, 5) is 85.3. The molecule has 0 aliphatic carbocycles. The van der Waals surface area contributed by atoms with E-state index in [1.54, 1.807) is 48.5 Å². The van der Waals surface area contributed by atoms with Gasteiger partial charge in [-0.2, -0.15) is 36.5 Å². The average molecular weight is 2010 g/mol. The molecule has 0 fully saturated rings. The van der Waals surface area contributed by atoms with Gasteiger partial charge in [0.05, 0.1) is 83.3 Å². The van der Waals surface area contributed by atoms with E-state index >= 15 is 0 Å². The van der Waals surface area contributed by atoms with Crippen LogP contribution in [0.4, 0.5) is 17.3 Å². The molecule has 8 aromatic carbocycles. The Hall–Kier alpha value is -11.6. The van der Waals surface area contributed by atoms with Gasteiger partial charge in [0.1, 0.15) is 132 Å². The molecule has 0 saturated carbocycles. The number of fused-ring (bicyclic) bond motifs is 8. The molecule has 0 radical (unpaired) electrons. The summed E-state index contributed by atoms with van der Waals surface area (Å²) in [5.74, 6) is 0. The van der Waals surface area contributed by atoms with Crippen LogP contribution in [0, 0.1) is 0 Å². The summed E-state index contributed by atoms with van der Waals surface area (Å²) in [6.07, 6.45) is 22.3. The number of hydrogen-bond acceptors (Lipinski definition) is 16. The molecule has 16 rings (SSSR count). The molecule has 136 heavy (non-hydrogen) atoms. The summed E-state index contributed by atoms with van der Waals surface area (Å²) in [5.41, 5.74) is 13.6. The van der Waals surface area contributed by atoms with E-state index in [9.17, 15) is 55.6 Å². The lowest BCUT2D eigenvalue weighted by Gasteiger charge is -2.09. The Kier molecular flexibility index (Phi) is 50.2. The van der Waals surface area contributed by atoms with Crippen molar-refractivity contribution in [1.29, 1.82) is 0 Å². The summed E-state index contributed by atoms with van der Waals surface area (Å²) < 4.78 is 56.3. The number of nitrogens with zero attached hydrogens (tertiary/aromatic N) is 8. The molecular weight excluding hydrogens is 1920 g/mol. The maximum atomic E-state index is 10.7. The quantitative estimate of drug-likeness (QED) is 0.0375. The van der Waals surface area contributed by atoms with Crippen molar-refractivity contribution in [3.63, 3.8) is 0 Å². The van der Waals surface area contributed by atoms with Crippen LogP contribution in [-0.4, -0.2) is 79.9 Å². The van der Waals surface area contributed by atoms with Gasteiger partial charge in [0.2, 0.25) is 44.1 Å². The van der Waals surface area contributed by atoms with E-state index in [0.29, 0.717) is 84.7 Å². The van der Waals surface area contributed by atoms with Gasteiger partial charge in [-0.25, -0.2) is 0 Å². The van der Waals surface area contributed by atoms with Gasteiger partial charge in [-0.1, -0.05) is 92.8 Å². The first-order valence-corrected chi connectivity index (χ1v) is 44.4. The number of benzene rings is 8. The molecule has 0 atom stereocenters. The molecule has 704 valence electrons. The summed E-state index contributed by atoms with van der Waals surface area (Å²) in [6.45, 7) is 23.6. The molecule has 0 saturated heterocycles. The molecule has 0 aliphatic heterocycles.